The standard InChI is InChI=1S/C22H22Cl2N6O6/c1-9-5-6-11-14(9)17(31)27-28-19(11)35-15-12(23)7-10(8-13(15)24)30-20(33)26-18(32)16(29-30)25-21(34)36-22(2,3)4/h7-9H,5-6H2,1-4H3,(H,27,31)(H,25,29,34)(H,26,32,33). The average Bonchev–Trinajstić information content (AvgIpc) is 3.15. The second kappa shape index (κ2) is 9.43. The summed E-state index contributed by atoms with van der Waals surface area (Å²) >= 11 is 12.8. The van der Waals surface area contributed by atoms with Crippen molar-refractivity contribution in [3.63, 3.8) is 0 Å². The Bertz CT molecular complexity index is 1510. The first-order valence-corrected chi connectivity index (χ1v) is 11.6. The molecule has 0 radical (unpaired) electrons. The van der Waals surface area contributed by atoms with Crippen molar-refractivity contribution in [3.8, 4) is 17.3 Å². The number of H-pyrrole nitrogens is 2. The number of rotatable bonds is 4. The molecule has 2 aromatic heterocycles. The van der Waals surface area contributed by atoms with Crippen LogP contribution in [0.15, 0.2) is 26.5 Å². The molecule has 190 valence electrons. The van der Waals surface area contributed by atoms with Gasteiger partial charge in [0.25, 0.3) is 11.1 Å². The fourth-order valence-corrected chi connectivity index (χ4v) is 4.31. The van der Waals surface area contributed by atoms with Crippen LogP contribution in [0.5, 0.6) is 11.6 Å². The Hall–Kier alpha value is -3.64. The number of fused-ring (bicyclic) bond motifs is 1. The van der Waals surface area contributed by atoms with Gasteiger partial charge in [-0.3, -0.25) is 19.9 Å². The van der Waals surface area contributed by atoms with Crippen molar-refractivity contribution in [2.75, 3.05) is 5.32 Å². The minimum Gasteiger partial charge on any atom is -0.444 e. The Morgan fingerprint density at radius 3 is 2.47 bits per heavy atom. The smallest absolute Gasteiger partial charge is 0.413 e. The molecule has 1 unspecified atom stereocenters. The summed E-state index contributed by atoms with van der Waals surface area (Å²) in [4.78, 5) is 50.9. The van der Waals surface area contributed by atoms with E-state index in [9.17, 15) is 19.2 Å². The van der Waals surface area contributed by atoms with E-state index in [-0.39, 0.29) is 38.8 Å². The average molecular weight is 537 g/mol. The number of halogens is 2. The summed E-state index contributed by atoms with van der Waals surface area (Å²) < 4.78 is 11.8. The third kappa shape index (κ3) is 5.14. The third-order valence-electron chi connectivity index (χ3n) is 5.28. The minimum atomic E-state index is -0.930. The fraction of sp³-hybridized carbons (Fsp3) is 0.364. The Balaban J connectivity index is 1.68. The molecule has 0 spiro atoms. The summed E-state index contributed by atoms with van der Waals surface area (Å²) in [6.07, 6.45) is 0.461. The van der Waals surface area contributed by atoms with Crippen LogP contribution in [-0.2, 0) is 11.2 Å². The molecule has 0 saturated heterocycles. The van der Waals surface area contributed by atoms with Crippen molar-refractivity contribution < 1.29 is 14.3 Å². The summed E-state index contributed by atoms with van der Waals surface area (Å²) in [5.41, 5.74) is -1.54. The van der Waals surface area contributed by atoms with Gasteiger partial charge in [0.1, 0.15) is 5.60 Å². The van der Waals surface area contributed by atoms with Crippen LogP contribution in [0.2, 0.25) is 10.0 Å². The molecular weight excluding hydrogens is 515 g/mol. The molecular formula is C22H22Cl2N6O6. The summed E-state index contributed by atoms with van der Waals surface area (Å²) in [5.74, 6) is -0.190. The summed E-state index contributed by atoms with van der Waals surface area (Å²) in [5, 5.41) is 12.5. The number of hydrogen-bond acceptors (Lipinski definition) is 8. The number of aromatic nitrogens is 5. The molecule has 3 aromatic rings. The maximum absolute atomic E-state index is 12.4. The zero-order valence-electron chi connectivity index (χ0n) is 19.7. The van der Waals surface area contributed by atoms with Crippen LogP contribution in [0, 0.1) is 0 Å². The molecule has 1 amide bonds. The van der Waals surface area contributed by atoms with Gasteiger partial charge in [0.05, 0.1) is 15.7 Å². The SMILES string of the molecule is CC1CCc2c(Oc3c(Cl)cc(-n4nc(NC(=O)OC(C)(C)C)c(=O)[nH]c4=O)cc3Cl)n[nH]c(=O)c21. The van der Waals surface area contributed by atoms with Crippen LogP contribution < -0.4 is 26.9 Å². The molecule has 4 rings (SSSR count). The van der Waals surface area contributed by atoms with Crippen molar-refractivity contribution >= 4 is 35.1 Å². The highest BCUT2D eigenvalue weighted by Crippen LogP contribution is 2.41. The quantitative estimate of drug-likeness (QED) is 0.456. The summed E-state index contributed by atoms with van der Waals surface area (Å²) in [7, 11) is 0. The van der Waals surface area contributed by atoms with Crippen LogP contribution in [0.4, 0.5) is 10.6 Å². The van der Waals surface area contributed by atoms with Crippen LogP contribution in [0.1, 0.15) is 51.2 Å². The van der Waals surface area contributed by atoms with Crippen LogP contribution >= 0.6 is 23.2 Å². The zero-order valence-corrected chi connectivity index (χ0v) is 21.2. The molecule has 0 saturated carbocycles. The molecule has 0 aliphatic heterocycles. The summed E-state index contributed by atoms with van der Waals surface area (Å²) in [6, 6.07) is 2.67. The normalized spacial score (nSPS) is 14.9. The number of benzene rings is 1. The van der Waals surface area contributed by atoms with Gasteiger partial charge in [0, 0.05) is 11.1 Å². The lowest BCUT2D eigenvalue weighted by Crippen LogP contribution is -2.36. The predicted molar refractivity (Wildman–Crippen MR) is 132 cm³/mol. The van der Waals surface area contributed by atoms with Crippen LogP contribution in [0.3, 0.4) is 0 Å². The van der Waals surface area contributed by atoms with Gasteiger partial charge in [-0.1, -0.05) is 30.1 Å². The second-order valence-corrected chi connectivity index (χ2v) is 9.99. The van der Waals surface area contributed by atoms with Gasteiger partial charge >= 0.3 is 11.8 Å². The molecule has 12 nitrogen and oxygen atoms in total. The Morgan fingerprint density at radius 1 is 1.17 bits per heavy atom. The number of amides is 1. The van der Waals surface area contributed by atoms with E-state index >= 15 is 0 Å². The van der Waals surface area contributed by atoms with Gasteiger partial charge in [0.15, 0.2) is 5.75 Å². The Kier molecular flexibility index (Phi) is 6.67. The van der Waals surface area contributed by atoms with Gasteiger partial charge in [-0.2, -0.15) is 4.68 Å². The maximum Gasteiger partial charge on any atom is 0.413 e. The first kappa shape index (κ1) is 25.5. The van der Waals surface area contributed by atoms with E-state index in [0.29, 0.717) is 17.5 Å². The number of anilines is 1. The molecule has 36 heavy (non-hydrogen) atoms. The Morgan fingerprint density at radius 2 is 1.83 bits per heavy atom. The van der Waals surface area contributed by atoms with Gasteiger partial charge in [-0.05, 0) is 51.7 Å². The third-order valence-corrected chi connectivity index (χ3v) is 5.84. The van der Waals surface area contributed by atoms with E-state index in [1.54, 1.807) is 20.8 Å². The lowest BCUT2D eigenvalue weighted by molar-refractivity contribution is 0.0634. The topological polar surface area (TPSA) is 161 Å². The van der Waals surface area contributed by atoms with E-state index < -0.39 is 28.8 Å². The van der Waals surface area contributed by atoms with E-state index in [0.717, 1.165) is 11.1 Å². The number of carbonyl (C=O) groups is 1. The van der Waals surface area contributed by atoms with E-state index in [1.807, 2.05) is 6.92 Å². The molecule has 1 aromatic carbocycles. The van der Waals surface area contributed by atoms with Gasteiger partial charge in [0.2, 0.25) is 11.7 Å². The molecule has 1 aliphatic rings. The lowest BCUT2D eigenvalue weighted by Gasteiger charge is -2.19. The minimum absolute atomic E-state index is 0.00634. The Labute approximate surface area is 213 Å². The lowest BCUT2D eigenvalue weighted by atomic mass is 10.1. The zero-order chi connectivity index (χ0) is 26.4. The van der Waals surface area contributed by atoms with Crippen molar-refractivity contribution in [2.45, 2.75) is 52.1 Å². The van der Waals surface area contributed by atoms with Crippen molar-refractivity contribution in [1.29, 1.82) is 0 Å². The van der Waals surface area contributed by atoms with Crippen molar-refractivity contribution in [1.82, 2.24) is 25.0 Å². The second-order valence-electron chi connectivity index (χ2n) is 9.18. The monoisotopic (exact) mass is 536 g/mol. The number of nitrogens with one attached hydrogen (secondary N) is 3. The van der Waals surface area contributed by atoms with E-state index in [1.165, 1.54) is 12.1 Å². The molecule has 2 heterocycles. The first-order chi connectivity index (χ1) is 16.8. The molecule has 14 heteroatoms. The predicted octanol–water partition coefficient (Wildman–Crippen LogP) is 3.50. The molecule has 3 N–H and O–H groups in total. The molecule has 0 bridgehead atoms. The molecule has 1 atom stereocenters. The number of carbonyl (C=O) groups excluding carboxylic acids is 1. The van der Waals surface area contributed by atoms with Gasteiger partial charge in [-0.15, -0.1) is 10.2 Å². The highest BCUT2D eigenvalue weighted by Gasteiger charge is 2.28. The molecule has 1 aliphatic carbocycles. The van der Waals surface area contributed by atoms with Crippen LogP contribution in [0.25, 0.3) is 5.69 Å². The number of nitrogens with zero attached hydrogens (tertiary/aromatic N) is 3. The number of hydrogen-bond donors (Lipinski definition) is 3. The van der Waals surface area contributed by atoms with Gasteiger partial charge in [-0.25, -0.2) is 14.7 Å². The largest absolute Gasteiger partial charge is 0.444 e. The first-order valence-electron chi connectivity index (χ1n) is 10.9. The number of aromatic amines is 2. The number of ether oxygens (including phenoxy) is 2. The fourth-order valence-electron chi connectivity index (χ4n) is 3.75. The summed E-state index contributed by atoms with van der Waals surface area (Å²) in [6.45, 7) is 6.89. The van der Waals surface area contributed by atoms with Crippen molar-refractivity contribution in [3.05, 3.63) is 64.5 Å². The molecule has 0 fully saturated rings. The van der Waals surface area contributed by atoms with E-state index in [2.05, 4.69) is 25.6 Å². The maximum atomic E-state index is 12.4. The highest BCUT2D eigenvalue weighted by molar-refractivity contribution is 6.37. The highest BCUT2D eigenvalue weighted by atomic mass is 35.5. The van der Waals surface area contributed by atoms with Gasteiger partial charge < -0.3 is 9.47 Å². The van der Waals surface area contributed by atoms with E-state index in [4.69, 9.17) is 32.7 Å². The van der Waals surface area contributed by atoms with Crippen molar-refractivity contribution in [2.24, 2.45) is 0 Å². The van der Waals surface area contributed by atoms with Crippen LogP contribution in [-0.4, -0.2) is 36.7 Å².